The number of urea groups is 1. The maximum atomic E-state index is 12.0. The molecular weight excluding hydrogens is 342 g/mol. The summed E-state index contributed by atoms with van der Waals surface area (Å²) >= 11 is 0. The molecule has 26 heavy (non-hydrogen) atoms. The highest BCUT2D eigenvalue weighted by molar-refractivity contribution is 5.94. The Morgan fingerprint density at radius 1 is 1.23 bits per heavy atom. The Kier molecular flexibility index (Phi) is 8.60. The van der Waals surface area contributed by atoms with Gasteiger partial charge in [0.15, 0.2) is 0 Å². The van der Waals surface area contributed by atoms with E-state index >= 15 is 0 Å². The third-order valence-corrected chi connectivity index (χ3v) is 3.62. The van der Waals surface area contributed by atoms with Crippen molar-refractivity contribution in [2.45, 2.75) is 46.6 Å². The van der Waals surface area contributed by atoms with E-state index in [4.69, 9.17) is 9.47 Å². The van der Waals surface area contributed by atoms with E-state index in [-0.39, 0.29) is 36.9 Å². The first-order valence-corrected chi connectivity index (χ1v) is 8.64. The van der Waals surface area contributed by atoms with Crippen LogP contribution in [0.1, 0.15) is 40.5 Å². The molecule has 0 fully saturated rings. The predicted octanol–water partition coefficient (Wildman–Crippen LogP) is 0.601. The quantitative estimate of drug-likeness (QED) is 0.512. The van der Waals surface area contributed by atoms with Crippen molar-refractivity contribution < 1.29 is 28.7 Å². The van der Waals surface area contributed by atoms with Crippen molar-refractivity contribution in [3.8, 4) is 0 Å². The fraction of sp³-hybridized carbons (Fsp3) is 0.647. The summed E-state index contributed by atoms with van der Waals surface area (Å²) in [6.07, 6.45) is 1.07. The first kappa shape index (κ1) is 21.5. The molecule has 3 N–H and O–H groups in total. The number of esters is 2. The lowest BCUT2D eigenvalue weighted by Gasteiger charge is -2.26. The average molecular weight is 369 g/mol. The lowest BCUT2D eigenvalue weighted by molar-refractivity contribution is -0.143. The van der Waals surface area contributed by atoms with Crippen LogP contribution in [-0.2, 0) is 23.9 Å². The Morgan fingerprint density at radius 2 is 1.92 bits per heavy atom. The van der Waals surface area contributed by atoms with Crippen molar-refractivity contribution in [1.29, 1.82) is 0 Å². The van der Waals surface area contributed by atoms with E-state index in [2.05, 4.69) is 16.0 Å². The van der Waals surface area contributed by atoms with Crippen LogP contribution in [0.2, 0.25) is 0 Å². The van der Waals surface area contributed by atoms with E-state index in [1.165, 1.54) is 0 Å². The van der Waals surface area contributed by atoms with Gasteiger partial charge >= 0.3 is 18.0 Å². The number of ether oxygens (including phenoxy) is 2. The molecule has 1 atom stereocenters. The average Bonchev–Trinajstić information content (AvgIpc) is 2.55. The zero-order chi connectivity index (χ0) is 19.7. The highest BCUT2D eigenvalue weighted by Gasteiger charge is 2.30. The summed E-state index contributed by atoms with van der Waals surface area (Å²) in [5.74, 6) is -1.10. The second-order valence-corrected chi connectivity index (χ2v) is 6.30. The molecule has 0 saturated carbocycles. The van der Waals surface area contributed by atoms with Crippen LogP contribution in [0.4, 0.5) is 4.79 Å². The zero-order valence-corrected chi connectivity index (χ0v) is 15.6. The molecule has 0 spiro atoms. The summed E-state index contributed by atoms with van der Waals surface area (Å²) < 4.78 is 10.0. The van der Waals surface area contributed by atoms with Crippen molar-refractivity contribution in [3.05, 3.63) is 11.3 Å². The SMILES string of the molecule is CCOC(=O)C1=C(COC(=O)CNC(=O)CCC(C)C)NC(=O)NC1C. The lowest BCUT2D eigenvalue weighted by atomic mass is 10.0. The summed E-state index contributed by atoms with van der Waals surface area (Å²) in [6.45, 7) is 6.91. The predicted molar refractivity (Wildman–Crippen MR) is 92.8 cm³/mol. The normalized spacial score (nSPS) is 16.7. The third kappa shape index (κ3) is 7.12. The molecule has 0 saturated heterocycles. The summed E-state index contributed by atoms with van der Waals surface area (Å²) in [4.78, 5) is 47.0. The van der Waals surface area contributed by atoms with Gasteiger partial charge in [0.25, 0.3) is 0 Å². The fourth-order valence-electron chi connectivity index (χ4n) is 2.28. The zero-order valence-electron chi connectivity index (χ0n) is 15.6. The largest absolute Gasteiger partial charge is 0.463 e. The van der Waals surface area contributed by atoms with E-state index in [0.29, 0.717) is 12.3 Å². The monoisotopic (exact) mass is 369 g/mol. The number of amides is 3. The van der Waals surface area contributed by atoms with Crippen LogP contribution in [0, 0.1) is 5.92 Å². The van der Waals surface area contributed by atoms with Gasteiger partial charge in [-0.15, -0.1) is 0 Å². The minimum Gasteiger partial charge on any atom is -0.463 e. The van der Waals surface area contributed by atoms with Crippen LogP contribution >= 0.6 is 0 Å². The Hall–Kier alpha value is -2.58. The molecule has 0 radical (unpaired) electrons. The van der Waals surface area contributed by atoms with Crippen LogP contribution < -0.4 is 16.0 Å². The number of hydrogen-bond donors (Lipinski definition) is 3. The van der Waals surface area contributed by atoms with Gasteiger partial charge in [-0.2, -0.15) is 0 Å². The number of nitrogens with one attached hydrogen (secondary N) is 3. The molecule has 9 heteroatoms. The Morgan fingerprint density at radius 3 is 2.54 bits per heavy atom. The van der Waals surface area contributed by atoms with Crippen LogP contribution in [-0.4, -0.2) is 49.7 Å². The molecule has 1 aliphatic rings. The first-order valence-electron chi connectivity index (χ1n) is 8.64. The molecule has 146 valence electrons. The second kappa shape index (κ2) is 10.4. The van der Waals surface area contributed by atoms with Crippen molar-refractivity contribution in [3.63, 3.8) is 0 Å². The molecule has 3 amide bonds. The molecule has 1 unspecified atom stereocenters. The lowest BCUT2D eigenvalue weighted by Crippen LogP contribution is -2.50. The summed E-state index contributed by atoms with van der Waals surface area (Å²) in [5.41, 5.74) is 0.361. The smallest absolute Gasteiger partial charge is 0.338 e. The van der Waals surface area contributed by atoms with Crippen LogP contribution in [0.25, 0.3) is 0 Å². The highest BCUT2D eigenvalue weighted by atomic mass is 16.5. The Balaban J connectivity index is 2.59. The number of hydrogen-bond acceptors (Lipinski definition) is 6. The van der Waals surface area contributed by atoms with Crippen molar-refractivity contribution in [1.82, 2.24) is 16.0 Å². The number of carbonyl (C=O) groups is 4. The van der Waals surface area contributed by atoms with E-state index in [0.717, 1.165) is 6.42 Å². The van der Waals surface area contributed by atoms with Gasteiger partial charge in [0.1, 0.15) is 13.2 Å². The Labute approximate surface area is 152 Å². The topological polar surface area (TPSA) is 123 Å². The molecular formula is C17H27N3O6. The van der Waals surface area contributed by atoms with Crippen LogP contribution in [0.5, 0.6) is 0 Å². The molecule has 0 aliphatic carbocycles. The van der Waals surface area contributed by atoms with Crippen molar-refractivity contribution in [2.24, 2.45) is 5.92 Å². The molecule has 1 rings (SSSR count). The number of carbonyl (C=O) groups excluding carboxylic acids is 4. The molecule has 0 aromatic rings. The van der Waals surface area contributed by atoms with Gasteiger partial charge in [0, 0.05) is 6.42 Å². The van der Waals surface area contributed by atoms with Gasteiger partial charge in [0.2, 0.25) is 5.91 Å². The van der Waals surface area contributed by atoms with E-state index in [9.17, 15) is 19.2 Å². The Bertz CT molecular complexity index is 585. The molecule has 0 aromatic heterocycles. The fourth-order valence-corrected chi connectivity index (χ4v) is 2.28. The van der Waals surface area contributed by atoms with Gasteiger partial charge in [0.05, 0.1) is 23.9 Å². The molecule has 0 aromatic carbocycles. The first-order chi connectivity index (χ1) is 12.2. The molecule has 0 bridgehead atoms. The minimum absolute atomic E-state index is 0.166. The highest BCUT2D eigenvalue weighted by Crippen LogP contribution is 2.14. The van der Waals surface area contributed by atoms with E-state index < -0.39 is 24.0 Å². The molecule has 9 nitrogen and oxygen atoms in total. The minimum atomic E-state index is -0.668. The maximum absolute atomic E-state index is 12.0. The van der Waals surface area contributed by atoms with Gasteiger partial charge in [-0.25, -0.2) is 9.59 Å². The van der Waals surface area contributed by atoms with Gasteiger partial charge in [-0.1, -0.05) is 13.8 Å². The third-order valence-electron chi connectivity index (χ3n) is 3.62. The second-order valence-electron chi connectivity index (χ2n) is 6.30. The maximum Gasteiger partial charge on any atom is 0.338 e. The number of rotatable bonds is 9. The van der Waals surface area contributed by atoms with E-state index in [1.807, 2.05) is 13.8 Å². The van der Waals surface area contributed by atoms with Crippen molar-refractivity contribution in [2.75, 3.05) is 19.8 Å². The molecule has 1 aliphatic heterocycles. The summed E-state index contributed by atoms with van der Waals surface area (Å²) in [5, 5.41) is 7.47. The van der Waals surface area contributed by atoms with E-state index in [1.54, 1.807) is 13.8 Å². The van der Waals surface area contributed by atoms with Crippen LogP contribution in [0.15, 0.2) is 11.3 Å². The van der Waals surface area contributed by atoms with Crippen LogP contribution in [0.3, 0.4) is 0 Å². The molecule has 1 heterocycles. The van der Waals surface area contributed by atoms with Gasteiger partial charge in [-0.3, -0.25) is 9.59 Å². The summed E-state index contributed by atoms with van der Waals surface area (Å²) in [7, 11) is 0. The van der Waals surface area contributed by atoms with Crippen molar-refractivity contribution >= 4 is 23.9 Å². The van der Waals surface area contributed by atoms with Gasteiger partial charge < -0.3 is 25.4 Å². The van der Waals surface area contributed by atoms with Gasteiger partial charge in [-0.05, 0) is 26.2 Å². The standard InChI is InChI=1S/C17H27N3O6/c1-5-25-16(23)15-11(4)19-17(24)20-12(15)9-26-14(22)8-18-13(21)7-6-10(2)3/h10-11H,5-9H2,1-4H3,(H,18,21)(H2,19,20,24). The summed E-state index contributed by atoms with van der Waals surface area (Å²) in [6, 6.07) is -1.08.